The van der Waals surface area contributed by atoms with Crippen molar-refractivity contribution in [1.29, 1.82) is 0 Å². The zero-order chi connectivity index (χ0) is 25.4. The Morgan fingerprint density at radius 1 is 1.08 bits per heavy atom. The number of fused-ring (bicyclic) bond motifs is 3. The van der Waals surface area contributed by atoms with E-state index in [9.17, 15) is 0 Å². The van der Waals surface area contributed by atoms with Gasteiger partial charge in [-0.1, -0.05) is 0 Å². The third-order valence-corrected chi connectivity index (χ3v) is 10.3. The Labute approximate surface area is 230 Å². The Morgan fingerprint density at radius 3 is 2.57 bits per heavy atom. The van der Waals surface area contributed by atoms with Gasteiger partial charge >= 0.3 is 231 Å². The third-order valence-electron chi connectivity index (χ3n) is 8.25. The summed E-state index contributed by atoms with van der Waals surface area (Å²) in [6.45, 7) is 8.92. The van der Waals surface area contributed by atoms with Gasteiger partial charge in [-0.15, -0.1) is 0 Å². The van der Waals surface area contributed by atoms with Crippen LogP contribution in [0.5, 0.6) is 0 Å². The Morgan fingerprint density at radius 2 is 1.84 bits per heavy atom. The summed E-state index contributed by atoms with van der Waals surface area (Å²) in [4.78, 5) is 12.7. The number of aromatic nitrogens is 3. The molecule has 1 saturated carbocycles. The van der Waals surface area contributed by atoms with Crippen molar-refractivity contribution in [3.8, 4) is 0 Å². The maximum atomic E-state index is 5.17. The van der Waals surface area contributed by atoms with Crippen LogP contribution in [0, 0.1) is 0 Å². The van der Waals surface area contributed by atoms with E-state index in [1.807, 2.05) is 6.33 Å². The van der Waals surface area contributed by atoms with E-state index in [1.165, 1.54) is 42.6 Å². The van der Waals surface area contributed by atoms with Gasteiger partial charge in [0.15, 0.2) is 0 Å². The SMILES string of the molecule is CC[C@@H]1c2nncn2C2=CNC(=N[C@@H](C)c3ccc(N4CCN(C)CC4)cc3)[I-]C=C2N1C1CCCC1. The molecule has 0 unspecified atom stereocenters. The van der Waals surface area contributed by atoms with E-state index < -0.39 is 21.2 Å². The number of hydrogen-bond donors (Lipinski definition) is 1. The average molecular weight is 614 g/mol. The first-order valence-electron chi connectivity index (χ1n) is 13.7. The van der Waals surface area contributed by atoms with Crippen molar-refractivity contribution in [3.63, 3.8) is 0 Å². The van der Waals surface area contributed by atoms with Crippen molar-refractivity contribution >= 4 is 15.2 Å². The molecule has 1 aromatic heterocycles. The average Bonchev–Trinajstić information content (AvgIpc) is 3.59. The van der Waals surface area contributed by atoms with Crippen LogP contribution in [0.4, 0.5) is 5.69 Å². The van der Waals surface area contributed by atoms with E-state index in [4.69, 9.17) is 4.99 Å². The van der Waals surface area contributed by atoms with E-state index in [1.54, 1.807) is 0 Å². The van der Waals surface area contributed by atoms with Crippen molar-refractivity contribution in [1.82, 2.24) is 29.9 Å². The molecule has 1 aliphatic carbocycles. The van der Waals surface area contributed by atoms with Gasteiger partial charge in [-0.05, 0) is 0 Å². The molecule has 6 rings (SSSR count). The molecule has 8 nitrogen and oxygen atoms in total. The summed E-state index contributed by atoms with van der Waals surface area (Å²) >= 11 is -0.399. The zero-order valence-electron chi connectivity index (χ0n) is 22.1. The van der Waals surface area contributed by atoms with Gasteiger partial charge < -0.3 is 0 Å². The molecular formula is C28H38IN8-. The van der Waals surface area contributed by atoms with Crippen LogP contribution in [0.3, 0.4) is 0 Å². The molecule has 1 N–H and O–H groups in total. The van der Waals surface area contributed by atoms with Gasteiger partial charge in [-0.2, -0.15) is 0 Å². The van der Waals surface area contributed by atoms with Crippen molar-refractivity contribution in [3.05, 3.63) is 58.0 Å². The summed E-state index contributed by atoms with van der Waals surface area (Å²) in [5.41, 5.74) is 5.08. The van der Waals surface area contributed by atoms with Crippen molar-refractivity contribution in [2.24, 2.45) is 4.99 Å². The van der Waals surface area contributed by atoms with Crippen LogP contribution in [-0.2, 0) is 0 Å². The Balaban J connectivity index is 1.23. The van der Waals surface area contributed by atoms with Gasteiger partial charge in [0.25, 0.3) is 0 Å². The predicted molar refractivity (Wildman–Crippen MR) is 145 cm³/mol. The normalized spacial score (nSPS) is 24.9. The van der Waals surface area contributed by atoms with Crippen LogP contribution in [0.1, 0.15) is 69.4 Å². The molecule has 1 aromatic carbocycles. The van der Waals surface area contributed by atoms with Crippen LogP contribution in [-0.4, -0.2) is 67.7 Å². The molecular weight excluding hydrogens is 575 g/mol. The number of anilines is 1. The summed E-state index contributed by atoms with van der Waals surface area (Å²) in [6.07, 6.45) is 10.2. The molecule has 2 fully saturated rings. The van der Waals surface area contributed by atoms with Crippen molar-refractivity contribution in [2.45, 2.75) is 64.1 Å². The molecule has 1 saturated heterocycles. The topological polar surface area (TPSA) is 64.8 Å². The second kappa shape index (κ2) is 10.8. The Bertz CT molecular complexity index is 1190. The van der Waals surface area contributed by atoms with E-state index in [0.717, 1.165) is 48.0 Å². The Kier molecular flexibility index (Phi) is 7.25. The number of likely N-dealkylation sites (N-methyl/N-ethyl adjacent to an activating group) is 1. The number of aliphatic imine (C=N–C) groups is 1. The first-order chi connectivity index (χ1) is 18.1. The second-order valence-electron chi connectivity index (χ2n) is 10.6. The van der Waals surface area contributed by atoms with E-state index >= 15 is 0 Å². The number of amidine groups is 1. The van der Waals surface area contributed by atoms with Gasteiger partial charge in [0.1, 0.15) is 0 Å². The summed E-state index contributed by atoms with van der Waals surface area (Å²) in [6, 6.07) is 10.0. The standard InChI is InChI=1S/C28H38IN8/c1-4-24-27-33-31-19-36(27)26-18-30-28(29-17-25(26)37(24)23-7-5-6-8-23)32-20(2)21-9-11-22(12-10-21)35-15-13-34(3)14-16-35/h9-12,17-20,23-24H,4-8,13-16H2,1-3H3,(H,30,32)/q-1/t20-,24+/m0/s1. The summed E-state index contributed by atoms with van der Waals surface area (Å²) in [5.74, 6) is 1.06. The molecule has 0 radical (unpaired) electrons. The molecule has 4 aliphatic rings. The fourth-order valence-corrected chi connectivity index (χ4v) is 8.22. The minimum absolute atomic E-state index is 0.112. The minimum atomic E-state index is -0.399. The quantitative estimate of drug-likeness (QED) is 0.404. The number of rotatable bonds is 5. The molecule has 9 heteroatoms. The van der Waals surface area contributed by atoms with Gasteiger partial charge in [-0.25, -0.2) is 0 Å². The van der Waals surface area contributed by atoms with E-state index in [2.05, 4.69) is 90.2 Å². The third kappa shape index (κ3) is 4.92. The number of hydrogen-bond acceptors (Lipinski definition) is 6. The zero-order valence-corrected chi connectivity index (χ0v) is 24.3. The van der Waals surface area contributed by atoms with Crippen LogP contribution in [0.25, 0.3) is 5.70 Å². The molecule has 2 atom stereocenters. The molecule has 198 valence electrons. The summed E-state index contributed by atoms with van der Waals surface area (Å²) in [7, 11) is 2.20. The van der Waals surface area contributed by atoms with Gasteiger partial charge in [-0.3, -0.25) is 0 Å². The fourth-order valence-electron chi connectivity index (χ4n) is 6.07. The van der Waals surface area contributed by atoms with Gasteiger partial charge in [0.05, 0.1) is 0 Å². The molecule has 3 aliphatic heterocycles. The van der Waals surface area contributed by atoms with Gasteiger partial charge in [0, 0.05) is 0 Å². The van der Waals surface area contributed by atoms with Gasteiger partial charge in [0.2, 0.25) is 0 Å². The number of halogens is 1. The fraction of sp³-hybridized carbons (Fsp3) is 0.536. The monoisotopic (exact) mass is 613 g/mol. The van der Waals surface area contributed by atoms with Crippen LogP contribution >= 0.6 is 0 Å². The molecule has 0 spiro atoms. The first kappa shape index (κ1) is 24.9. The second-order valence-corrected chi connectivity index (χ2v) is 12.9. The van der Waals surface area contributed by atoms with Crippen molar-refractivity contribution in [2.75, 3.05) is 38.1 Å². The van der Waals surface area contributed by atoms with Crippen LogP contribution in [0.2, 0.25) is 0 Å². The number of nitrogens with zero attached hydrogens (tertiary/aromatic N) is 7. The Hall–Kier alpha value is -2.40. The summed E-state index contributed by atoms with van der Waals surface area (Å²) < 4.78 is 5.78. The number of allylic oxidation sites excluding steroid dienone is 1. The molecule has 4 heterocycles. The molecule has 2 aromatic rings. The maximum absolute atomic E-state index is 5.17. The van der Waals surface area contributed by atoms with Crippen molar-refractivity contribution < 1.29 is 21.2 Å². The first-order valence-corrected chi connectivity index (χ1v) is 16.1. The predicted octanol–water partition coefficient (Wildman–Crippen LogP) is 1.19. The number of benzene rings is 1. The molecule has 0 amide bonds. The molecule has 37 heavy (non-hydrogen) atoms. The van der Waals surface area contributed by atoms with Crippen LogP contribution < -0.4 is 31.4 Å². The number of piperazine rings is 1. The number of nitrogens with one attached hydrogen (secondary N) is 1. The van der Waals surface area contributed by atoms with E-state index in [-0.39, 0.29) is 12.1 Å². The summed E-state index contributed by atoms with van der Waals surface area (Å²) in [5, 5.41) is 12.4. The molecule has 0 bridgehead atoms. The van der Waals surface area contributed by atoms with Crippen LogP contribution in [0.15, 0.2) is 51.6 Å². The van der Waals surface area contributed by atoms with E-state index in [0.29, 0.717) is 6.04 Å².